The summed E-state index contributed by atoms with van der Waals surface area (Å²) in [6.45, 7) is 0.396. The van der Waals surface area contributed by atoms with Crippen LogP contribution in [0.2, 0.25) is 0 Å². The van der Waals surface area contributed by atoms with Gasteiger partial charge in [-0.25, -0.2) is 0 Å². The van der Waals surface area contributed by atoms with Gasteiger partial charge in [0.05, 0.1) is 6.10 Å². The second-order valence-corrected chi connectivity index (χ2v) is 7.77. The molecule has 1 saturated carbocycles. The lowest BCUT2D eigenvalue weighted by Crippen LogP contribution is -2.62. The average Bonchev–Trinajstić information content (AvgIpc) is 2.54. The summed E-state index contributed by atoms with van der Waals surface area (Å²) in [5, 5.41) is 4.01. The van der Waals surface area contributed by atoms with Gasteiger partial charge in [0.25, 0.3) is 0 Å². The van der Waals surface area contributed by atoms with Crippen LogP contribution in [-0.4, -0.2) is 31.6 Å². The third kappa shape index (κ3) is 4.91. The van der Waals surface area contributed by atoms with E-state index < -0.39 is 0 Å². The van der Waals surface area contributed by atoms with Crippen LogP contribution >= 0.6 is 45.2 Å². The minimum Gasteiger partial charge on any atom is -0.359 e. The molecule has 0 radical (unpaired) electrons. The second-order valence-electron chi connectivity index (χ2n) is 6.34. The fourth-order valence-electron chi connectivity index (χ4n) is 4.12. The van der Waals surface area contributed by atoms with Gasteiger partial charge in [0.2, 0.25) is 0 Å². The summed E-state index contributed by atoms with van der Waals surface area (Å²) in [4.78, 5) is 0. The molecular formula is C17H27I2NO2. The van der Waals surface area contributed by atoms with Crippen LogP contribution in [0.25, 0.3) is 0 Å². The number of piperidine rings is 1. The smallest absolute Gasteiger partial charge is 0.146 e. The lowest BCUT2D eigenvalue weighted by Gasteiger charge is -2.51. The summed E-state index contributed by atoms with van der Waals surface area (Å²) in [6.07, 6.45) is 13.5. The van der Waals surface area contributed by atoms with Gasteiger partial charge in [0, 0.05) is 24.6 Å². The first kappa shape index (κ1) is 19.1. The van der Waals surface area contributed by atoms with Gasteiger partial charge in [0.1, 0.15) is 6.79 Å². The normalized spacial score (nSPS) is 36.6. The predicted molar refractivity (Wildman–Crippen MR) is 109 cm³/mol. The summed E-state index contributed by atoms with van der Waals surface area (Å²) in [5.74, 6) is 0.444. The number of halogens is 2. The minimum atomic E-state index is 0.209. The zero-order valence-corrected chi connectivity index (χ0v) is 17.6. The van der Waals surface area contributed by atoms with Crippen LogP contribution in [-0.2, 0) is 9.47 Å². The lowest BCUT2D eigenvalue weighted by atomic mass is 9.66. The molecule has 0 aromatic rings. The molecule has 5 heteroatoms. The molecule has 4 atom stereocenters. The highest BCUT2D eigenvalue weighted by Crippen LogP contribution is 2.43. The third-order valence-corrected chi connectivity index (χ3v) is 5.93. The Morgan fingerprint density at radius 1 is 1.18 bits per heavy atom. The molecule has 126 valence electrons. The molecule has 22 heavy (non-hydrogen) atoms. The Kier molecular flexibility index (Phi) is 8.67. The van der Waals surface area contributed by atoms with E-state index >= 15 is 0 Å². The van der Waals surface area contributed by atoms with E-state index in [9.17, 15) is 0 Å². The molecule has 1 aliphatic carbocycles. The molecular weight excluding hydrogens is 504 g/mol. The monoisotopic (exact) mass is 531 g/mol. The molecule has 1 saturated heterocycles. The third-order valence-electron chi connectivity index (χ3n) is 5.01. The van der Waals surface area contributed by atoms with Crippen molar-refractivity contribution in [3.63, 3.8) is 0 Å². The van der Waals surface area contributed by atoms with Crippen molar-refractivity contribution in [3.05, 3.63) is 20.3 Å². The van der Waals surface area contributed by atoms with Crippen LogP contribution in [0.15, 0.2) is 20.3 Å². The number of hydrogen-bond acceptors (Lipinski definition) is 3. The van der Waals surface area contributed by atoms with Crippen molar-refractivity contribution in [3.8, 4) is 0 Å². The molecule has 2 unspecified atom stereocenters. The van der Waals surface area contributed by atoms with Gasteiger partial charge < -0.3 is 14.8 Å². The van der Waals surface area contributed by atoms with Crippen LogP contribution < -0.4 is 5.32 Å². The lowest BCUT2D eigenvalue weighted by molar-refractivity contribution is -0.115. The van der Waals surface area contributed by atoms with Gasteiger partial charge in [-0.2, -0.15) is 0 Å². The van der Waals surface area contributed by atoms with Crippen molar-refractivity contribution in [2.75, 3.05) is 13.9 Å². The summed E-state index contributed by atoms with van der Waals surface area (Å²) < 4.78 is 15.4. The standard InChI is InChI=1S/C17H27I2NO2/c1-21-13-22-16-7-3-10-17(15(16)8-12-19)9-2-5-14(20-17)6-4-11-18/h4,8,11-12,14-16,20H,2-3,5-7,9-10,13H2,1H3/b11-4+,12-8+/t14?,15-,16+,17?/m1/s1. The molecule has 2 aliphatic rings. The summed E-state index contributed by atoms with van der Waals surface area (Å²) in [5.41, 5.74) is 0.209. The Bertz CT molecular complexity index is 385. The predicted octanol–water partition coefficient (Wildman–Crippen LogP) is 4.94. The molecule has 1 heterocycles. The Labute approximate surface area is 161 Å². The first-order valence-corrected chi connectivity index (χ1v) is 10.6. The van der Waals surface area contributed by atoms with Gasteiger partial charge in [-0.1, -0.05) is 63.8 Å². The number of ether oxygens (including phenoxy) is 2. The van der Waals surface area contributed by atoms with E-state index in [0.717, 1.165) is 12.8 Å². The van der Waals surface area contributed by atoms with Crippen molar-refractivity contribution in [1.82, 2.24) is 5.32 Å². The van der Waals surface area contributed by atoms with Crippen LogP contribution in [0.4, 0.5) is 0 Å². The summed E-state index contributed by atoms with van der Waals surface area (Å²) in [6, 6.07) is 0.603. The Morgan fingerprint density at radius 3 is 2.64 bits per heavy atom. The van der Waals surface area contributed by atoms with E-state index in [4.69, 9.17) is 9.47 Å². The molecule has 0 bridgehead atoms. The van der Waals surface area contributed by atoms with E-state index in [1.165, 1.54) is 32.1 Å². The maximum absolute atomic E-state index is 6.01. The van der Waals surface area contributed by atoms with E-state index in [-0.39, 0.29) is 11.6 Å². The van der Waals surface area contributed by atoms with Crippen LogP contribution in [0.3, 0.4) is 0 Å². The van der Waals surface area contributed by atoms with Gasteiger partial charge in [0.15, 0.2) is 0 Å². The topological polar surface area (TPSA) is 30.5 Å². The van der Waals surface area contributed by atoms with Crippen molar-refractivity contribution in [1.29, 1.82) is 0 Å². The molecule has 3 nitrogen and oxygen atoms in total. The fraction of sp³-hybridized carbons (Fsp3) is 0.765. The molecule has 2 fully saturated rings. The quantitative estimate of drug-likeness (QED) is 0.389. The van der Waals surface area contributed by atoms with E-state index in [1.54, 1.807) is 7.11 Å². The number of hydrogen-bond donors (Lipinski definition) is 1. The van der Waals surface area contributed by atoms with Gasteiger partial charge in [-0.15, -0.1) is 0 Å². The zero-order valence-electron chi connectivity index (χ0n) is 13.3. The maximum atomic E-state index is 6.01. The Balaban J connectivity index is 2.13. The summed E-state index contributed by atoms with van der Waals surface area (Å²) in [7, 11) is 1.70. The van der Waals surface area contributed by atoms with Gasteiger partial charge >= 0.3 is 0 Å². The second kappa shape index (κ2) is 9.96. The van der Waals surface area contributed by atoms with Gasteiger partial charge in [-0.05, 0) is 46.7 Å². The number of nitrogens with one attached hydrogen (secondary N) is 1. The van der Waals surface area contributed by atoms with Crippen molar-refractivity contribution in [2.45, 2.75) is 62.6 Å². The SMILES string of the molecule is COCO[C@H]1CCCC2(CCCC(C/C=C/I)N2)[C@@H]1/C=C/I. The Morgan fingerprint density at radius 2 is 1.95 bits per heavy atom. The first-order valence-electron chi connectivity index (χ1n) is 8.16. The number of rotatable bonds is 6. The highest BCUT2D eigenvalue weighted by Gasteiger charge is 2.46. The van der Waals surface area contributed by atoms with E-state index in [0.29, 0.717) is 18.8 Å². The molecule has 2 rings (SSSR count). The van der Waals surface area contributed by atoms with Crippen molar-refractivity contribution < 1.29 is 9.47 Å². The Hall–Kier alpha value is 0.820. The van der Waals surface area contributed by atoms with Crippen LogP contribution in [0, 0.1) is 5.92 Å². The fourth-order valence-corrected chi connectivity index (χ4v) is 4.86. The number of methoxy groups -OCH3 is 1. The average molecular weight is 531 g/mol. The highest BCUT2D eigenvalue weighted by atomic mass is 127. The minimum absolute atomic E-state index is 0.209. The molecule has 0 amide bonds. The van der Waals surface area contributed by atoms with E-state index in [1.807, 2.05) is 0 Å². The van der Waals surface area contributed by atoms with Crippen molar-refractivity contribution >= 4 is 45.2 Å². The molecule has 0 aromatic heterocycles. The molecule has 1 spiro atoms. The van der Waals surface area contributed by atoms with E-state index in [2.05, 4.69) is 70.8 Å². The van der Waals surface area contributed by atoms with Crippen LogP contribution in [0.5, 0.6) is 0 Å². The van der Waals surface area contributed by atoms with Crippen LogP contribution in [0.1, 0.15) is 44.9 Å². The summed E-state index contributed by atoms with van der Waals surface area (Å²) >= 11 is 4.65. The zero-order chi connectivity index (χ0) is 15.8. The highest BCUT2D eigenvalue weighted by molar-refractivity contribution is 14.1. The largest absolute Gasteiger partial charge is 0.359 e. The molecule has 1 N–H and O–H groups in total. The first-order chi connectivity index (χ1) is 10.8. The maximum Gasteiger partial charge on any atom is 0.146 e. The van der Waals surface area contributed by atoms with Crippen molar-refractivity contribution in [2.24, 2.45) is 5.92 Å². The molecule has 1 aliphatic heterocycles. The molecule has 0 aromatic carbocycles. The van der Waals surface area contributed by atoms with Gasteiger partial charge in [-0.3, -0.25) is 0 Å².